The van der Waals surface area contributed by atoms with Gasteiger partial charge in [-0.25, -0.2) is 13.1 Å². The highest BCUT2D eigenvalue weighted by atomic mass is 79.9. The molecular weight excluding hydrogens is 361 g/mol. The first kappa shape index (κ1) is 14.6. The number of hydrogen-bond donors (Lipinski definition) is 1. The Balaban J connectivity index is 2.18. The summed E-state index contributed by atoms with van der Waals surface area (Å²) < 4.78 is 26.8. The number of benzene rings is 1. The van der Waals surface area contributed by atoms with Gasteiger partial charge in [0, 0.05) is 16.9 Å². The Morgan fingerprint density at radius 2 is 2.00 bits per heavy atom. The molecule has 1 N–H and O–H groups in total. The first-order valence-electron chi connectivity index (χ1n) is 5.39. The molecule has 100 valence electrons. The van der Waals surface area contributed by atoms with Crippen LogP contribution in [0.15, 0.2) is 23.1 Å². The number of sulfonamides is 1. The van der Waals surface area contributed by atoms with Crippen LogP contribution < -0.4 is 4.72 Å². The molecular formula is C11H12BrCl2NO2S. The van der Waals surface area contributed by atoms with E-state index < -0.39 is 10.0 Å². The SMILES string of the molecule is O=S(=O)(NCC1(CBr)CC1)c1cc(Cl)ccc1Cl. The lowest BCUT2D eigenvalue weighted by atomic mass is 10.1. The number of halogens is 3. The molecule has 0 saturated heterocycles. The summed E-state index contributed by atoms with van der Waals surface area (Å²) in [4.78, 5) is 0.0297. The van der Waals surface area contributed by atoms with Crippen LogP contribution in [0, 0.1) is 5.41 Å². The molecule has 0 aromatic heterocycles. The molecule has 18 heavy (non-hydrogen) atoms. The first-order chi connectivity index (χ1) is 8.38. The molecule has 0 unspecified atom stereocenters. The van der Waals surface area contributed by atoms with Gasteiger partial charge in [0.25, 0.3) is 0 Å². The molecule has 0 amide bonds. The lowest BCUT2D eigenvalue weighted by molar-refractivity contribution is 0.538. The Labute approximate surface area is 125 Å². The van der Waals surface area contributed by atoms with Crippen LogP contribution >= 0.6 is 39.1 Å². The van der Waals surface area contributed by atoms with Gasteiger partial charge in [0.2, 0.25) is 10.0 Å². The summed E-state index contributed by atoms with van der Waals surface area (Å²) in [5, 5.41) is 1.32. The van der Waals surface area contributed by atoms with E-state index in [4.69, 9.17) is 23.2 Å². The molecule has 0 radical (unpaired) electrons. The van der Waals surface area contributed by atoms with E-state index in [1.54, 1.807) is 6.07 Å². The predicted molar refractivity (Wildman–Crippen MR) is 77.1 cm³/mol. The van der Waals surface area contributed by atoms with Crippen molar-refractivity contribution in [2.45, 2.75) is 17.7 Å². The second-order valence-electron chi connectivity index (χ2n) is 4.53. The molecule has 2 rings (SSSR count). The topological polar surface area (TPSA) is 46.2 Å². The summed E-state index contributed by atoms with van der Waals surface area (Å²) in [5.74, 6) is 0. The van der Waals surface area contributed by atoms with Gasteiger partial charge in [0.05, 0.1) is 5.02 Å². The normalized spacial score (nSPS) is 17.7. The van der Waals surface area contributed by atoms with Crippen LogP contribution in [0.1, 0.15) is 12.8 Å². The van der Waals surface area contributed by atoms with Crippen molar-refractivity contribution >= 4 is 49.2 Å². The second-order valence-corrected chi connectivity index (χ2v) is 7.67. The van der Waals surface area contributed by atoms with Crippen molar-refractivity contribution in [3.63, 3.8) is 0 Å². The summed E-state index contributed by atoms with van der Waals surface area (Å²) >= 11 is 15.1. The van der Waals surface area contributed by atoms with Crippen LogP contribution in [-0.2, 0) is 10.0 Å². The van der Waals surface area contributed by atoms with Crippen LogP contribution in [-0.4, -0.2) is 20.3 Å². The van der Waals surface area contributed by atoms with Gasteiger partial charge >= 0.3 is 0 Å². The molecule has 0 bridgehead atoms. The Hall–Kier alpha value is 0.190. The molecule has 1 aromatic carbocycles. The Morgan fingerprint density at radius 1 is 1.33 bits per heavy atom. The van der Waals surface area contributed by atoms with E-state index in [0.717, 1.165) is 18.2 Å². The fourth-order valence-corrected chi connectivity index (χ4v) is 4.22. The molecule has 0 atom stereocenters. The quantitative estimate of drug-likeness (QED) is 0.804. The van der Waals surface area contributed by atoms with Crippen molar-refractivity contribution in [2.24, 2.45) is 5.41 Å². The summed E-state index contributed by atoms with van der Waals surface area (Å²) in [7, 11) is -3.60. The number of nitrogens with one attached hydrogen (secondary N) is 1. The van der Waals surface area contributed by atoms with Crippen molar-refractivity contribution in [2.75, 3.05) is 11.9 Å². The standard InChI is InChI=1S/C11H12BrCl2NO2S/c12-6-11(3-4-11)7-15-18(16,17)10-5-8(13)1-2-9(10)14/h1-2,5,15H,3-4,6-7H2. The van der Waals surface area contributed by atoms with E-state index in [-0.39, 0.29) is 15.3 Å². The summed E-state index contributed by atoms with van der Waals surface area (Å²) in [6, 6.07) is 4.40. The average Bonchev–Trinajstić information content (AvgIpc) is 3.11. The zero-order chi connectivity index (χ0) is 13.4. The number of rotatable bonds is 5. The van der Waals surface area contributed by atoms with E-state index >= 15 is 0 Å². The maximum Gasteiger partial charge on any atom is 0.242 e. The van der Waals surface area contributed by atoms with Crippen molar-refractivity contribution in [3.8, 4) is 0 Å². The Bertz CT molecular complexity index is 558. The van der Waals surface area contributed by atoms with Crippen molar-refractivity contribution in [3.05, 3.63) is 28.2 Å². The zero-order valence-corrected chi connectivity index (χ0v) is 13.3. The molecule has 0 spiro atoms. The van der Waals surface area contributed by atoms with E-state index in [1.165, 1.54) is 12.1 Å². The van der Waals surface area contributed by atoms with Crippen molar-refractivity contribution < 1.29 is 8.42 Å². The van der Waals surface area contributed by atoms with E-state index in [0.29, 0.717) is 11.6 Å². The van der Waals surface area contributed by atoms with Gasteiger partial charge in [-0.2, -0.15) is 0 Å². The lowest BCUT2D eigenvalue weighted by Crippen LogP contribution is -2.31. The molecule has 7 heteroatoms. The smallest absolute Gasteiger partial charge is 0.211 e. The van der Waals surface area contributed by atoms with Crippen molar-refractivity contribution in [1.82, 2.24) is 4.72 Å². The molecule has 1 fully saturated rings. The van der Waals surface area contributed by atoms with Gasteiger partial charge in [-0.05, 0) is 36.5 Å². The van der Waals surface area contributed by atoms with Gasteiger partial charge in [-0.1, -0.05) is 39.1 Å². The predicted octanol–water partition coefficient (Wildman–Crippen LogP) is 3.45. The second kappa shape index (κ2) is 5.29. The molecule has 1 aromatic rings. The molecule has 1 saturated carbocycles. The van der Waals surface area contributed by atoms with Crippen LogP contribution in [0.4, 0.5) is 0 Å². The average molecular weight is 373 g/mol. The van der Waals surface area contributed by atoms with Gasteiger partial charge in [0.15, 0.2) is 0 Å². The molecule has 1 aliphatic rings. The zero-order valence-electron chi connectivity index (χ0n) is 9.42. The third-order valence-corrected chi connectivity index (χ3v) is 6.37. The molecule has 3 nitrogen and oxygen atoms in total. The maximum atomic E-state index is 12.1. The summed E-state index contributed by atoms with van der Waals surface area (Å²) in [5.41, 5.74) is 0.0676. The lowest BCUT2D eigenvalue weighted by Gasteiger charge is -2.13. The minimum Gasteiger partial charge on any atom is -0.211 e. The van der Waals surface area contributed by atoms with Gasteiger partial charge in [0.1, 0.15) is 4.90 Å². The van der Waals surface area contributed by atoms with Gasteiger partial charge in [-0.15, -0.1) is 0 Å². The van der Waals surface area contributed by atoms with Crippen LogP contribution in [0.5, 0.6) is 0 Å². The Morgan fingerprint density at radius 3 is 2.56 bits per heavy atom. The van der Waals surface area contributed by atoms with Crippen LogP contribution in [0.25, 0.3) is 0 Å². The highest BCUT2D eigenvalue weighted by Gasteiger charge is 2.42. The van der Waals surface area contributed by atoms with Crippen molar-refractivity contribution in [1.29, 1.82) is 0 Å². The van der Waals surface area contributed by atoms with Crippen LogP contribution in [0.3, 0.4) is 0 Å². The summed E-state index contributed by atoms with van der Waals surface area (Å²) in [6.45, 7) is 0.420. The van der Waals surface area contributed by atoms with E-state index in [2.05, 4.69) is 20.7 Å². The van der Waals surface area contributed by atoms with Gasteiger partial charge < -0.3 is 0 Å². The van der Waals surface area contributed by atoms with E-state index in [1.807, 2.05) is 0 Å². The van der Waals surface area contributed by atoms with Crippen LogP contribution in [0.2, 0.25) is 10.0 Å². The first-order valence-corrected chi connectivity index (χ1v) is 8.75. The Kier molecular flexibility index (Phi) is 4.29. The van der Waals surface area contributed by atoms with E-state index in [9.17, 15) is 8.42 Å². The third kappa shape index (κ3) is 3.20. The molecule has 0 heterocycles. The maximum absolute atomic E-state index is 12.1. The minimum atomic E-state index is -3.60. The minimum absolute atomic E-state index is 0.0297. The highest BCUT2D eigenvalue weighted by molar-refractivity contribution is 9.09. The third-order valence-electron chi connectivity index (χ3n) is 3.06. The number of alkyl halides is 1. The fraction of sp³-hybridized carbons (Fsp3) is 0.455. The monoisotopic (exact) mass is 371 g/mol. The fourth-order valence-electron chi connectivity index (χ4n) is 1.54. The highest BCUT2D eigenvalue weighted by Crippen LogP contribution is 2.46. The number of hydrogen-bond acceptors (Lipinski definition) is 2. The van der Waals surface area contributed by atoms with Gasteiger partial charge in [-0.3, -0.25) is 0 Å². The summed E-state index contributed by atoms with van der Waals surface area (Å²) in [6.07, 6.45) is 2.06. The largest absolute Gasteiger partial charge is 0.242 e. The molecule has 0 aliphatic heterocycles. The molecule has 1 aliphatic carbocycles.